The summed E-state index contributed by atoms with van der Waals surface area (Å²) in [4.78, 5) is -0.0896. The molecule has 0 spiro atoms. The van der Waals surface area contributed by atoms with Crippen LogP contribution in [0.25, 0.3) is 0 Å². The molecule has 0 heterocycles. The van der Waals surface area contributed by atoms with E-state index in [2.05, 4.69) is 26.5 Å². The lowest BCUT2D eigenvalue weighted by Crippen LogP contribution is -2.09. The number of rotatable bonds is 16. The first kappa shape index (κ1) is 31.8. The Morgan fingerprint density at radius 1 is 0.757 bits per heavy atom. The van der Waals surface area contributed by atoms with Crippen molar-refractivity contribution in [2.45, 2.75) is 106 Å². The van der Waals surface area contributed by atoms with Crippen molar-refractivity contribution in [1.29, 1.82) is 0 Å². The summed E-state index contributed by atoms with van der Waals surface area (Å²) in [5.41, 5.74) is 2.67. The summed E-state index contributed by atoms with van der Waals surface area (Å²) in [6.07, 6.45) is 9.01. The van der Waals surface area contributed by atoms with Crippen molar-refractivity contribution in [3.8, 4) is 0 Å². The molecule has 6 nitrogen and oxygen atoms in total. The maximum absolute atomic E-state index is 11.9. The van der Waals surface area contributed by atoms with Crippen molar-refractivity contribution in [2.75, 3.05) is 5.75 Å². The summed E-state index contributed by atoms with van der Waals surface area (Å²) in [6.45, 7) is 6.17. The van der Waals surface area contributed by atoms with Crippen molar-refractivity contribution < 1.29 is 25.9 Å². The minimum absolute atomic E-state index is 0.0342. The Bertz CT molecular complexity index is 1210. The number of thiol groups is 1. The van der Waals surface area contributed by atoms with E-state index in [0.29, 0.717) is 17.2 Å². The van der Waals surface area contributed by atoms with E-state index in [9.17, 15) is 25.9 Å². The fourth-order valence-corrected chi connectivity index (χ4v) is 6.61. The molecule has 3 unspecified atom stereocenters. The van der Waals surface area contributed by atoms with Gasteiger partial charge in [0.05, 0.1) is 9.79 Å². The van der Waals surface area contributed by atoms with Crippen LogP contribution < -0.4 is 0 Å². The molecule has 2 aromatic carbocycles. The molecule has 2 rings (SSSR count). The molecule has 0 aliphatic carbocycles. The van der Waals surface area contributed by atoms with Crippen molar-refractivity contribution in [3.05, 3.63) is 59.2 Å². The van der Waals surface area contributed by atoms with Gasteiger partial charge in [0, 0.05) is 0 Å². The lowest BCUT2D eigenvalue weighted by Gasteiger charge is -2.21. The van der Waals surface area contributed by atoms with Gasteiger partial charge in [-0.2, -0.15) is 29.5 Å². The van der Waals surface area contributed by atoms with Crippen molar-refractivity contribution in [3.63, 3.8) is 0 Å². The van der Waals surface area contributed by atoms with Crippen LogP contribution in [-0.4, -0.2) is 31.7 Å². The van der Waals surface area contributed by atoms with E-state index in [1.165, 1.54) is 12.1 Å². The standard InChI is InChI=1S/C28H42O6S3/c1-4-10-22(24-14-9-15-26(18-24)36(29,30)31)12-7-6-8-13-23(11-5-2)25-16-17-28(37(32,33)34)27(19-25)21(3)20-35/h9,14-19,21-23,35H,4-8,10-13,20H2,1-3H3,(H,29,30,31)(H,32,33,34). The monoisotopic (exact) mass is 570 g/mol. The Balaban J connectivity index is 2.06. The second-order valence-corrected chi connectivity index (χ2v) is 13.2. The van der Waals surface area contributed by atoms with Crippen LogP contribution in [0.15, 0.2) is 52.3 Å². The summed E-state index contributed by atoms with van der Waals surface area (Å²) in [7, 11) is -8.51. The Kier molecular flexibility index (Phi) is 12.6. The maximum Gasteiger partial charge on any atom is 0.294 e. The lowest BCUT2D eigenvalue weighted by atomic mass is 9.86. The summed E-state index contributed by atoms with van der Waals surface area (Å²) in [6, 6.07) is 11.9. The van der Waals surface area contributed by atoms with Gasteiger partial charge < -0.3 is 0 Å². The normalized spacial score (nSPS) is 14.9. The van der Waals surface area contributed by atoms with Crippen LogP contribution in [0.5, 0.6) is 0 Å². The molecule has 2 N–H and O–H groups in total. The highest BCUT2D eigenvalue weighted by molar-refractivity contribution is 7.86. The predicted molar refractivity (Wildman–Crippen MR) is 153 cm³/mol. The lowest BCUT2D eigenvalue weighted by molar-refractivity contribution is 0.477. The Morgan fingerprint density at radius 3 is 1.81 bits per heavy atom. The van der Waals surface area contributed by atoms with Crippen molar-refractivity contribution in [2.24, 2.45) is 0 Å². The molecule has 0 aliphatic rings. The van der Waals surface area contributed by atoms with Crippen LogP contribution in [0.1, 0.15) is 113 Å². The molecular formula is C28H42O6S3. The fraction of sp³-hybridized carbons (Fsp3) is 0.571. The summed E-state index contributed by atoms with van der Waals surface area (Å²) < 4.78 is 65.9. The van der Waals surface area contributed by atoms with E-state index in [0.717, 1.165) is 68.9 Å². The van der Waals surface area contributed by atoms with Crippen LogP contribution in [0.2, 0.25) is 0 Å². The van der Waals surface area contributed by atoms with Gasteiger partial charge in [0.1, 0.15) is 0 Å². The molecule has 0 saturated heterocycles. The quantitative estimate of drug-likeness (QED) is 0.109. The van der Waals surface area contributed by atoms with E-state index in [1.807, 2.05) is 25.1 Å². The zero-order valence-corrected chi connectivity index (χ0v) is 24.7. The molecule has 37 heavy (non-hydrogen) atoms. The van der Waals surface area contributed by atoms with Crippen molar-refractivity contribution >= 4 is 32.9 Å². The molecule has 208 valence electrons. The third-order valence-corrected chi connectivity index (χ3v) is 9.42. The van der Waals surface area contributed by atoms with E-state index >= 15 is 0 Å². The van der Waals surface area contributed by atoms with Crippen LogP contribution in [0.4, 0.5) is 0 Å². The average molecular weight is 571 g/mol. The number of hydrogen-bond acceptors (Lipinski definition) is 5. The molecule has 2 aromatic rings. The molecule has 9 heteroatoms. The van der Waals surface area contributed by atoms with Gasteiger partial charge in [-0.3, -0.25) is 9.11 Å². The van der Waals surface area contributed by atoms with Crippen LogP contribution >= 0.6 is 12.6 Å². The van der Waals surface area contributed by atoms with Gasteiger partial charge in [0.15, 0.2) is 0 Å². The summed E-state index contributed by atoms with van der Waals surface area (Å²) in [5.74, 6) is 0.939. The third-order valence-electron chi connectivity index (χ3n) is 7.09. The minimum atomic E-state index is -4.30. The molecule has 0 bridgehead atoms. The van der Waals surface area contributed by atoms with Crippen LogP contribution in [0, 0.1) is 0 Å². The van der Waals surface area contributed by atoms with E-state index in [-0.39, 0.29) is 21.6 Å². The average Bonchev–Trinajstić information content (AvgIpc) is 2.85. The van der Waals surface area contributed by atoms with Gasteiger partial charge in [-0.25, -0.2) is 0 Å². The first-order valence-electron chi connectivity index (χ1n) is 13.2. The molecular weight excluding hydrogens is 529 g/mol. The highest BCUT2D eigenvalue weighted by atomic mass is 32.2. The Labute approximate surface area is 229 Å². The first-order chi connectivity index (χ1) is 17.4. The topological polar surface area (TPSA) is 109 Å². The summed E-state index contributed by atoms with van der Waals surface area (Å²) in [5, 5.41) is 0. The predicted octanol–water partition coefficient (Wildman–Crippen LogP) is 7.63. The highest BCUT2D eigenvalue weighted by Crippen LogP contribution is 2.34. The molecule has 3 atom stereocenters. The van der Waals surface area contributed by atoms with Gasteiger partial charge in [0.25, 0.3) is 20.2 Å². The molecule has 0 aromatic heterocycles. The van der Waals surface area contributed by atoms with E-state index in [1.54, 1.807) is 12.1 Å². The minimum Gasteiger partial charge on any atom is -0.282 e. The van der Waals surface area contributed by atoms with E-state index in [4.69, 9.17) is 0 Å². The molecule has 0 radical (unpaired) electrons. The van der Waals surface area contributed by atoms with Crippen molar-refractivity contribution in [1.82, 2.24) is 0 Å². The smallest absolute Gasteiger partial charge is 0.282 e. The fourth-order valence-electron chi connectivity index (χ4n) is 5.08. The van der Waals surface area contributed by atoms with Gasteiger partial charge in [0.2, 0.25) is 0 Å². The van der Waals surface area contributed by atoms with Gasteiger partial charge in [-0.05, 0) is 84.1 Å². The molecule has 0 amide bonds. The highest BCUT2D eigenvalue weighted by Gasteiger charge is 2.22. The third kappa shape index (κ3) is 9.70. The van der Waals surface area contributed by atoms with Crippen LogP contribution in [-0.2, 0) is 20.2 Å². The number of benzene rings is 2. The van der Waals surface area contributed by atoms with Gasteiger partial charge >= 0.3 is 0 Å². The molecule has 0 fully saturated rings. The Hall–Kier alpha value is -1.39. The number of hydrogen-bond donors (Lipinski definition) is 3. The Morgan fingerprint density at radius 2 is 1.32 bits per heavy atom. The summed E-state index contributed by atoms with van der Waals surface area (Å²) >= 11 is 4.34. The first-order valence-corrected chi connectivity index (χ1v) is 16.7. The largest absolute Gasteiger partial charge is 0.294 e. The number of unbranched alkanes of at least 4 members (excludes halogenated alkanes) is 2. The molecule has 0 saturated carbocycles. The maximum atomic E-state index is 11.9. The zero-order valence-electron chi connectivity index (χ0n) is 22.1. The van der Waals surface area contributed by atoms with E-state index < -0.39 is 20.2 Å². The zero-order chi connectivity index (χ0) is 27.6. The van der Waals surface area contributed by atoms with Crippen LogP contribution in [0.3, 0.4) is 0 Å². The molecule has 0 aliphatic heterocycles. The second kappa shape index (κ2) is 14.7. The van der Waals surface area contributed by atoms with Gasteiger partial charge in [-0.15, -0.1) is 0 Å². The SMILES string of the molecule is CCCC(CCCCCC(CCC)c1ccc(S(=O)(=O)O)c(C(C)CS)c1)c1cccc(S(=O)(=O)O)c1. The second-order valence-electron chi connectivity index (χ2n) is 10.0. The van der Waals surface area contributed by atoms with Gasteiger partial charge in [-0.1, -0.05) is 77.1 Å².